The summed E-state index contributed by atoms with van der Waals surface area (Å²) in [6.07, 6.45) is 3.67. The molecule has 0 aromatic heterocycles. The van der Waals surface area contributed by atoms with Crippen LogP contribution in [-0.2, 0) is 0 Å². The van der Waals surface area contributed by atoms with Crippen molar-refractivity contribution in [3.63, 3.8) is 0 Å². The van der Waals surface area contributed by atoms with Crippen LogP contribution in [0.5, 0.6) is 0 Å². The van der Waals surface area contributed by atoms with Gasteiger partial charge < -0.3 is 36.6 Å². The van der Waals surface area contributed by atoms with E-state index in [0.717, 1.165) is 84.7 Å². The van der Waals surface area contributed by atoms with E-state index in [2.05, 4.69) is 63.0 Å². The third kappa shape index (κ3) is 18.0. The predicted octanol–water partition coefficient (Wildman–Crippen LogP) is 0.177. The normalized spacial score (nSPS) is 13.0. The van der Waals surface area contributed by atoms with Crippen LogP contribution in [-0.4, -0.2) is 91.0 Å². The first-order chi connectivity index (χ1) is 13.8. The first kappa shape index (κ1) is 26.6. The van der Waals surface area contributed by atoms with Gasteiger partial charge in [-0.25, -0.2) is 0 Å². The van der Waals surface area contributed by atoms with Crippen molar-refractivity contribution in [2.45, 2.75) is 44.7 Å². The number of nitrogens with one attached hydrogen (secondary N) is 5. The molecule has 0 fully saturated rings. The molecule has 0 aliphatic carbocycles. The molecule has 5 N–H and O–H groups in total. The molecule has 0 radical (unpaired) electrons. The first-order valence-electron chi connectivity index (χ1n) is 10.6. The van der Waals surface area contributed by atoms with Crippen molar-refractivity contribution >= 4 is 13.4 Å². The number of rotatable bonds is 22. The lowest BCUT2D eigenvalue weighted by Gasteiger charge is -2.23. The van der Waals surface area contributed by atoms with E-state index in [4.69, 9.17) is 5.26 Å². The topological polar surface area (TPSA) is 109 Å². The third-order valence-corrected chi connectivity index (χ3v) is 4.26. The van der Waals surface area contributed by atoms with Crippen LogP contribution < -0.4 is 26.6 Å². The largest absolute Gasteiger partial charge is 0.315 e. The monoisotopic (exact) mass is 394 g/mol. The van der Waals surface area contributed by atoms with Crippen molar-refractivity contribution in [3.05, 3.63) is 0 Å². The van der Waals surface area contributed by atoms with Crippen molar-refractivity contribution in [1.82, 2.24) is 26.6 Å². The van der Waals surface area contributed by atoms with Gasteiger partial charge in [0, 0.05) is 64.3 Å². The molecule has 0 bridgehead atoms. The van der Waals surface area contributed by atoms with E-state index in [0.29, 0.717) is 18.5 Å². The zero-order valence-corrected chi connectivity index (χ0v) is 17.8. The molecule has 2 unspecified atom stereocenters. The van der Waals surface area contributed by atoms with Gasteiger partial charge in [-0.05, 0) is 52.3 Å². The Hall–Kier alpha value is -1.37. The first-order valence-corrected chi connectivity index (χ1v) is 10.6. The molecule has 0 saturated heterocycles. The average Bonchev–Trinajstić information content (AvgIpc) is 2.70. The van der Waals surface area contributed by atoms with E-state index < -0.39 is 0 Å². The highest BCUT2D eigenvalue weighted by Gasteiger charge is 2.10. The number of aliphatic imine (C=N–C) groups is 2. The molecular formula is C20H42N8. The van der Waals surface area contributed by atoms with Crippen LogP contribution >= 0.6 is 0 Å². The molecule has 0 aromatic carbocycles. The molecule has 8 heteroatoms. The van der Waals surface area contributed by atoms with Crippen molar-refractivity contribution in [3.8, 4) is 6.07 Å². The van der Waals surface area contributed by atoms with E-state index in [1.54, 1.807) is 0 Å². The number of nitrogens with zero attached hydrogens (tertiary/aromatic N) is 3. The van der Waals surface area contributed by atoms with Crippen LogP contribution in [0.1, 0.15) is 32.6 Å². The second-order valence-electron chi connectivity index (χ2n) is 6.88. The van der Waals surface area contributed by atoms with Crippen LogP contribution in [0.25, 0.3) is 0 Å². The Labute approximate surface area is 172 Å². The number of hydrogen-bond acceptors (Lipinski definition) is 8. The standard InChI is InChI=1S/C20H42N8/c1-4-9-27-19(15-24-12-6-10-22-2)17-26-18-20(28-14-5-8-21)16-25-13-7-11-23-3/h19-20,24-28H,2-7,9-18H2,1H3. The molecule has 8 nitrogen and oxygen atoms in total. The summed E-state index contributed by atoms with van der Waals surface area (Å²) in [6.45, 7) is 18.0. The molecule has 2 atom stereocenters. The highest BCUT2D eigenvalue weighted by atomic mass is 15.1. The van der Waals surface area contributed by atoms with Gasteiger partial charge in [-0.1, -0.05) is 6.92 Å². The summed E-state index contributed by atoms with van der Waals surface area (Å²) < 4.78 is 0. The lowest BCUT2D eigenvalue weighted by molar-refractivity contribution is 0.407. The van der Waals surface area contributed by atoms with Gasteiger partial charge in [0.1, 0.15) is 0 Å². The van der Waals surface area contributed by atoms with Crippen LogP contribution in [0.15, 0.2) is 9.98 Å². The van der Waals surface area contributed by atoms with Crippen molar-refractivity contribution < 1.29 is 0 Å². The number of hydrogen-bond donors (Lipinski definition) is 5. The highest BCUT2D eigenvalue weighted by Crippen LogP contribution is 1.88. The summed E-state index contributed by atoms with van der Waals surface area (Å²) in [5.41, 5.74) is 0. The van der Waals surface area contributed by atoms with Crippen LogP contribution in [0, 0.1) is 11.3 Å². The Balaban J connectivity index is 4.19. The Bertz CT molecular complexity index is 396. The van der Waals surface area contributed by atoms with Gasteiger partial charge in [-0.3, -0.25) is 0 Å². The van der Waals surface area contributed by atoms with Crippen LogP contribution in [0.3, 0.4) is 0 Å². The van der Waals surface area contributed by atoms with E-state index in [9.17, 15) is 0 Å². The quantitative estimate of drug-likeness (QED) is 0.132. The Morgan fingerprint density at radius 2 is 1.29 bits per heavy atom. The summed E-state index contributed by atoms with van der Waals surface area (Å²) in [5.74, 6) is 0. The molecule has 0 aromatic rings. The summed E-state index contributed by atoms with van der Waals surface area (Å²) >= 11 is 0. The zero-order chi connectivity index (χ0) is 20.7. The maximum Gasteiger partial charge on any atom is 0.0635 e. The Morgan fingerprint density at radius 3 is 1.75 bits per heavy atom. The van der Waals surface area contributed by atoms with Gasteiger partial charge in [0.15, 0.2) is 0 Å². The Morgan fingerprint density at radius 1 is 0.786 bits per heavy atom. The summed E-state index contributed by atoms with van der Waals surface area (Å²) in [6, 6.07) is 2.88. The minimum atomic E-state index is 0.295. The van der Waals surface area contributed by atoms with E-state index in [-0.39, 0.29) is 0 Å². The molecule has 0 amide bonds. The molecule has 0 aliphatic heterocycles. The Kier molecular flexibility index (Phi) is 20.9. The maximum atomic E-state index is 8.76. The maximum absolute atomic E-state index is 8.76. The summed E-state index contributed by atoms with van der Waals surface area (Å²) in [7, 11) is 0. The van der Waals surface area contributed by atoms with Crippen molar-refractivity contribution in [2.24, 2.45) is 9.98 Å². The van der Waals surface area contributed by atoms with Crippen molar-refractivity contribution in [1.29, 1.82) is 5.26 Å². The third-order valence-electron chi connectivity index (χ3n) is 4.26. The molecular weight excluding hydrogens is 352 g/mol. The summed E-state index contributed by atoms with van der Waals surface area (Å²) in [5, 5.41) is 26.3. The zero-order valence-electron chi connectivity index (χ0n) is 17.8. The van der Waals surface area contributed by atoms with Gasteiger partial charge >= 0.3 is 0 Å². The fraction of sp³-hybridized carbons (Fsp3) is 0.850. The van der Waals surface area contributed by atoms with Gasteiger partial charge in [-0.2, -0.15) is 5.26 Å². The second-order valence-corrected chi connectivity index (χ2v) is 6.88. The van der Waals surface area contributed by atoms with Gasteiger partial charge in [0.25, 0.3) is 0 Å². The lowest BCUT2D eigenvalue weighted by atomic mass is 10.2. The predicted molar refractivity (Wildman–Crippen MR) is 121 cm³/mol. The lowest BCUT2D eigenvalue weighted by Crippen LogP contribution is -2.50. The smallest absolute Gasteiger partial charge is 0.0635 e. The molecule has 0 saturated carbocycles. The molecule has 28 heavy (non-hydrogen) atoms. The van der Waals surface area contributed by atoms with Gasteiger partial charge in [-0.15, -0.1) is 0 Å². The molecule has 0 aliphatic rings. The second kappa shape index (κ2) is 21.9. The van der Waals surface area contributed by atoms with E-state index in [1.165, 1.54) is 0 Å². The van der Waals surface area contributed by atoms with E-state index >= 15 is 0 Å². The molecule has 162 valence electrons. The minimum absolute atomic E-state index is 0.295. The molecule has 0 rings (SSSR count). The fourth-order valence-electron chi connectivity index (χ4n) is 2.73. The van der Waals surface area contributed by atoms with Crippen molar-refractivity contribution in [2.75, 3.05) is 65.4 Å². The number of nitriles is 1. The summed E-state index contributed by atoms with van der Waals surface area (Å²) in [4.78, 5) is 7.76. The molecule has 0 heterocycles. The highest BCUT2D eigenvalue weighted by molar-refractivity contribution is 5.23. The fourth-order valence-corrected chi connectivity index (χ4v) is 2.73. The SMILES string of the molecule is C=NCCCNCC(CNCC(CNCCCN=C)NCCC#N)NCCC. The molecule has 0 spiro atoms. The van der Waals surface area contributed by atoms with Gasteiger partial charge in [0.05, 0.1) is 6.07 Å². The minimum Gasteiger partial charge on any atom is -0.315 e. The van der Waals surface area contributed by atoms with E-state index in [1.807, 2.05) is 0 Å². The average molecular weight is 395 g/mol. The van der Waals surface area contributed by atoms with Crippen LogP contribution in [0.2, 0.25) is 0 Å². The van der Waals surface area contributed by atoms with Gasteiger partial charge in [0.2, 0.25) is 0 Å². The van der Waals surface area contributed by atoms with Crippen LogP contribution in [0.4, 0.5) is 0 Å².